The van der Waals surface area contributed by atoms with Gasteiger partial charge in [-0.3, -0.25) is 4.57 Å². The fourth-order valence-corrected chi connectivity index (χ4v) is 1.67. The largest absolute Gasteiger partial charge is 0.368 e. The Hall–Kier alpha value is -2.18. The van der Waals surface area contributed by atoms with Gasteiger partial charge in [0.15, 0.2) is 0 Å². The Morgan fingerprint density at radius 2 is 2.18 bits per heavy atom. The SMILES string of the molecule is Nc1nc(NC2CCC2)nc(-n2ccnc2)n1. The van der Waals surface area contributed by atoms with Crippen molar-refractivity contribution in [3.63, 3.8) is 0 Å². The van der Waals surface area contributed by atoms with Crippen molar-refractivity contribution in [3.8, 4) is 5.95 Å². The summed E-state index contributed by atoms with van der Waals surface area (Å²) in [5.74, 6) is 1.23. The first-order valence-electron chi connectivity index (χ1n) is 5.58. The molecule has 0 aliphatic heterocycles. The van der Waals surface area contributed by atoms with Gasteiger partial charge in [-0.05, 0) is 19.3 Å². The summed E-state index contributed by atoms with van der Waals surface area (Å²) < 4.78 is 1.70. The summed E-state index contributed by atoms with van der Waals surface area (Å²) in [5, 5.41) is 3.25. The normalized spacial score (nSPS) is 15.5. The van der Waals surface area contributed by atoms with Crippen molar-refractivity contribution in [1.82, 2.24) is 24.5 Å². The second-order valence-corrected chi connectivity index (χ2v) is 4.06. The van der Waals surface area contributed by atoms with E-state index in [2.05, 4.69) is 25.3 Å². The fourth-order valence-electron chi connectivity index (χ4n) is 1.67. The lowest BCUT2D eigenvalue weighted by molar-refractivity contribution is 0.443. The molecule has 0 bridgehead atoms. The maximum Gasteiger partial charge on any atom is 0.241 e. The highest BCUT2D eigenvalue weighted by molar-refractivity contribution is 5.36. The van der Waals surface area contributed by atoms with Gasteiger partial charge in [-0.1, -0.05) is 0 Å². The van der Waals surface area contributed by atoms with Crippen LogP contribution in [0.5, 0.6) is 0 Å². The molecule has 0 aromatic carbocycles. The van der Waals surface area contributed by atoms with E-state index in [4.69, 9.17) is 5.73 Å². The van der Waals surface area contributed by atoms with Crippen molar-refractivity contribution >= 4 is 11.9 Å². The number of hydrogen-bond donors (Lipinski definition) is 2. The third-order valence-electron chi connectivity index (χ3n) is 2.81. The summed E-state index contributed by atoms with van der Waals surface area (Å²) in [6, 6.07) is 0.465. The van der Waals surface area contributed by atoms with Crippen LogP contribution in [-0.4, -0.2) is 30.5 Å². The number of nitrogens with zero attached hydrogens (tertiary/aromatic N) is 5. The zero-order valence-electron chi connectivity index (χ0n) is 9.24. The van der Waals surface area contributed by atoms with Crippen molar-refractivity contribution in [2.45, 2.75) is 25.3 Å². The second-order valence-electron chi connectivity index (χ2n) is 4.06. The van der Waals surface area contributed by atoms with E-state index >= 15 is 0 Å². The molecule has 3 N–H and O–H groups in total. The van der Waals surface area contributed by atoms with Crippen LogP contribution in [0, 0.1) is 0 Å². The van der Waals surface area contributed by atoms with Crippen molar-refractivity contribution in [2.24, 2.45) is 0 Å². The van der Waals surface area contributed by atoms with Crippen molar-refractivity contribution < 1.29 is 0 Å². The van der Waals surface area contributed by atoms with E-state index < -0.39 is 0 Å². The van der Waals surface area contributed by atoms with Gasteiger partial charge in [-0.25, -0.2) is 4.98 Å². The Labute approximate surface area is 98.1 Å². The van der Waals surface area contributed by atoms with Crippen molar-refractivity contribution in [2.75, 3.05) is 11.1 Å². The van der Waals surface area contributed by atoms with E-state index in [0.29, 0.717) is 17.9 Å². The summed E-state index contributed by atoms with van der Waals surface area (Å²) >= 11 is 0. The number of nitrogens with two attached hydrogens (primary N) is 1. The van der Waals surface area contributed by atoms with Crippen LogP contribution in [0.2, 0.25) is 0 Å². The maximum atomic E-state index is 5.66. The summed E-state index contributed by atoms with van der Waals surface area (Å²) in [6.07, 6.45) is 8.63. The molecule has 7 heteroatoms. The molecule has 1 aliphatic rings. The topological polar surface area (TPSA) is 94.5 Å². The van der Waals surface area contributed by atoms with E-state index in [0.717, 1.165) is 12.8 Å². The van der Waals surface area contributed by atoms with Crippen LogP contribution in [-0.2, 0) is 0 Å². The second kappa shape index (κ2) is 4.00. The Morgan fingerprint density at radius 1 is 1.29 bits per heavy atom. The third-order valence-corrected chi connectivity index (χ3v) is 2.81. The van der Waals surface area contributed by atoms with E-state index in [9.17, 15) is 0 Å². The molecule has 0 saturated heterocycles. The first-order valence-corrected chi connectivity index (χ1v) is 5.58. The van der Waals surface area contributed by atoms with Gasteiger partial charge >= 0.3 is 0 Å². The molecule has 1 saturated carbocycles. The van der Waals surface area contributed by atoms with Gasteiger partial charge in [0.25, 0.3) is 0 Å². The summed E-state index contributed by atoms with van der Waals surface area (Å²) in [6.45, 7) is 0. The molecule has 2 heterocycles. The highest BCUT2D eigenvalue weighted by atomic mass is 15.3. The van der Waals surface area contributed by atoms with Crippen molar-refractivity contribution in [1.29, 1.82) is 0 Å². The Bertz CT molecular complexity index is 503. The average molecular weight is 231 g/mol. The molecule has 17 heavy (non-hydrogen) atoms. The molecule has 88 valence electrons. The third kappa shape index (κ3) is 2.03. The molecule has 2 aromatic rings. The highest BCUT2D eigenvalue weighted by Crippen LogP contribution is 2.21. The van der Waals surface area contributed by atoms with E-state index in [1.807, 2.05) is 0 Å². The molecular formula is C10H13N7. The standard InChI is InChI=1S/C10H13N7/c11-8-14-9(13-7-2-1-3-7)16-10(15-8)17-5-4-12-6-17/h4-7H,1-3H2,(H3,11,13,14,15,16). The van der Waals surface area contributed by atoms with Crippen LogP contribution in [0.4, 0.5) is 11.9 Å². The smallest absolute Gasteiger partial charge is 0.241 e. The lowest BCUT2D eigenvalue weighted by Crippen LogP contribution is -2.28. The molecule has 1 aliphatic carbocycles. The number of nitrogen functional groups attached to an aromatic ring is 1. The van der Waals surface area contributed by atoms with Crippen molar-refractivity contribution in [3.05, 3.63) is 18.7 Å². The van der Waals surface area contributed by atoms with Gasteiger partial charge in [0.05, 0.1) is 0 Å². The minimum atomic E-state index is 0.213. The Balaban J connectivity index is 1.89. The summed E-state index contributed by atoms with van der Waals surface area (Å²) in [5.41, 5.74) is 5.66. The number of hydrogen-bond acceptors (Lipinski definition) is 6. The fraction of sp³-hybridized carbons (Fsp3) is 0.400. The number of aromatic nitrogens is 5. The van der Waals surface area contributed by atoms with Crippen LogP contribution >= 0.6 is 0 Å². The van der Waals surface area contributed by atoms with E-state index in [-0.39, 0.29) is 5.95 Å². The predicted molar refractivity (Wildman–Crippen MR) is 62.6 cm³/mol. The minimum absolute atomic E-state index is 0.213. The molecule has 0 amide bonds. The quantitative estimate of drug-likeness (QED) is 0.803. The number of anilines is 2. The molecule has 3 rings (SSSR count). The molecule has 0 radical (unpaired) electrons. The first-order chi connectivity index (χ1) is 8.31. The van der Waals surface area contributed by atoms with Gasteiger partial charge in [0, 0.05) is 18.4 Å². The van der Waals surface area contributed by atoms with E-state index in [1.165, 1.54) is 6.42 Å². The maximum absolute atomic E-state index is 5.66. The molecule has 7 nitrogen and oxygen atoms in total. The van der Waals surface area contributed by atoms with Crippen LogP contribution in [0.3, 0.4) is 0 Å². The highest BCUT2D eigenvalue weighted by Gasteiger charge is 2.18. The Morgan fingerprint density at radius 3 is 2.82 bits per heavy atom. The van der Waals surface area contributed by atoms with Crippen LogP contribution < -0.4 is 11.1 Å². The molecule has 2 aromatic heterocycles. The van der Waals surface area contributed by atoms with Gasteiger partial charge in [-0.15, -0.1) is 0 Å². The van der Waals surface area contributed by atoms with Crippen LogP contribution in [0.15, 0.2) is 18.7 Å². The predicted octanol–water partition coefficient (Wildman–Crippen LogP) is 0.604. The first kappa shape index (κ1) is 10.0. The molecular weight excluding hydrogens is 218 g/mol. The number of nitrogens with one attached hydrogen (secondary N) is 1. The molecule has 0 atom stereocenters. The average Bonchev–Trinajstić information content (AvgIpc) is 2.76. The lowest BCUT2D eigenvalue weighted by atomic mass is 9.93. The monoisotopic (exact) mass is 231 g/mol. The number of imidazole rings is 1. The zero-order valence-corrected chi connectivity index (χ0v) is 9.24. The lowest BCUT2D eigenvalue weighted by Gasteiger charge is -2.26. The van der Waals surface area contributed by atoms with Crippen LogP contribution in [0.25, 0.3) is 5.95 Å². The van der Waals surface area contributed by atoms with Gasteiger partial charge in [0.2, 0.25) is 17.8 Å². The van der Waals surface area contributed by atoms with E-state index in [1.54, 1.807) is 23.3 Å². The van der Waals surface area contributed by atoms with Crippen LogP contribution in [0.1, 0.15) is 19.3 Å². The Kier molecular flexibility index (Phi) is 2.36. The van der Waals surface area contributed by atoms with Gasteiger partial charge in [-0.2, -0.15) is 15.0 Å². The molecule has 0 unspecified atom stereocenters. The summed E-state index contributed by atoms with van der Waals surface area (Å²) in [7, 11) is 0. The molecule has 0 spiro atoms. The van der Waals surface area contributed by atoms with Gasteiger partial charge < -0.3 is 11.1 Å². The number of rotatable bonds is 3. The zero-order chi connectivity index (χ0) is 11.7. The molecule has 1 fully saturated rings. The van der Waals surface area contributed by atoms with Gasteiger partial charge in [0.1, 0.15) is 6.33 Å². The summed E-state index contributed by atoms with van der Waals surface area (Å²) in [4.78, 5) is 16.4. The minimum Gasteiger partial charge on any atom is -0.368 e.